The molecule has 1 fully saturated rings. The average molecular weight is 280 g/mol. The number of benzene rings is 1. The maximum atomic E-state index is 10.1. The number of aliphatic hydroxyl groups is 2. The lowest BCUT2D eigenvalue weighted by Gasteiger charge is -2.41. The van der Waals surface area contributed by atoms with Crippen LogP contribution in [0.4, 0.5) is 0 Å². The molecule has 2 aliphatic heterocycles. The predicted octanol–water partition coefficient (Wildman–Crippen LogP) is 1.23. The van der Waals surface area contributed by atoms with E-state index >= 15 is 0 Å². The van der Waals surface area contributed by atoms with Crippen molar-refractivity contribution in [3.8, 4) is 0 Å². The van der Waals surface area contributed by atoms with Crippen molar-refractivity contribution in [2.24, 2.45) is 0 Å². The van der Waals surface area contributed by atoms with Crippen LogP contribution in [0.15, 0.2) is 42.0 Å². The fourth-order valence-electron chi connectivity index (χ4n) is 2.34. The van der Waals surface area contributed by atoms with Crippen molar-refractivity contribution in [3.05, 3.63) is 47.6 Å². The second-order valence-electron chi connectivity index (χ2n) is 4.65. The van der Waals surface area contributed by atoms with Gasteiger partial charge in [-0.3, -0.25) is 0 Å². The predicted molar refractivity (Wildman–Crippen MR) is 67.6 cm³/mol. The van der Waals surface area contributed by atoms with Crippen molar-refractivity contribution in [1.29, 1.82) is 0 Å². The SMILES string of the molecule is COC1=C(O)C(O)[C@@H]2OC(c3ccccc3)OCC2O1. The van der Waals surface area contributed by atoms with E-state index in [9.17, 15) is 10.2 Å². The quantitative estimate of drug-likeness (QED) is 0.848. The maximum Gasteiger partial charge on any atom is 0.321 e. The van der Waals surface area contributed by atoms with Gasteiger partial charge < -0.3 is 29.2 Å². The van der Waals surface area contributed by atoms with Crippen molar-refractivity contribution in [2.75, 3.05) is 13.7 Å². The standard InChI is InChI=1S/C14H16O6/c1-17-14-11(16)10(15)12-9(19-14)7-18-13(20-12)8-5-3-2-4-6-8/h2-6,9-10,12-13,15-16H,7H2,1H3/t9?,10?,12-,13?/m1/s1. The highest BCUT2D eigenvalue weighted by Gasteiger charge is 2.45. The second kappa shape index (κ2) is 5.32. The number of methoxy groups -OCH3 is 1. The topological polar surface area (TPSA) is 77.4 Å². The summed E-state index contributed by atoms with van der Waals surface area (Å²) in [6, 6.07) is 9.40. The van der Waals surface area contributed by atoms with Gasteiger partial charge in [-0.25, -0.2) is 0 Å². The van der Waals surface area contributed by atoms with E-state index in [0.29, 0.717) is 0 Å². The number of hydrogen-bond acceptors (Lipinski definition) is 6. The minimum atomic E-state index is -1.20. The molecule has 6 nitrogen and oxygen atoms in total. The molecular weight excluding hydrogens is 264 g/mol. The van der Waals surface area contributed by atoms with Gasteiger partial charge in [0.05, 0.1) is 13.7 Å². The summed E-state index contributed by atoms with van der Waals surface area (Å²) in [5, 5.41) is 19.9. The smallest absolute Gasteiger partial charge is 0.321 e. The summed E-state index contributed by atoms with van der Waals surface area (Å²) in [4.78, 5) is 0. The first-order chi connectivity index (χ1) is 9.70. The molecule has 0 aliphatic carbocycles. The second-order valence-corrected chi connectivity index (χ2v) is 4.65. The lowest BCUT2D eigenvalue weighted by Crippen LogP contribution is -2.52. The number of aliphatic hydroxyl groups excluding tert-OH is 2. The third kappa shape index (κ3) is 2.22. The minimum Gasteiger partial charge on any atom is -0.504 e. The zero-order valence-corrected chi connectivity index (χ0v) is 10.9. The summed E-state index contributed by atoms with van der Waals surface area (Å²) >= 11 is 0. The Bertz CT molecular complexity index is 500. The van der Waals surface area contributed by atoms with Gasteiger partial charge >= 0.3 is 5.95 Å². The minimum absolute atomic E-state index is 0.0934. The van der Waals surface area contributed by atoms with E-state index in [1.165, 1.54) is 7.11 Å². The van der Waals surface area contributed by atoms with Crippen LogP contribution in [0.3, 0.4) is 0 Å². The molecule has 2 heterocycles. The van der Waals surface area contributed by atoms with Crippen LogP contribution in [0.5, 0.6) is 0 Å². The molecule has 2 N–H and O–H groups in total. The van der Waals surface area contributed by atoms with Crippen LogP contribution in [0, 0.1) is 0 Å². The Hall–Kier alpha value is -1.76. The molecule has 3 unspecified atom stereocenters. The van der Waals surface area contributed by atoms with Gasteiger partial charge in [0.1, 0.15) is 12.2 Å². The average Bonchev–Trinajstić information content (AvgIpc) is 2.51. The van der Waals surface area contributed by atoms with Gasteiger partial charge in [-0.05, 0) is 0 Å². The van der Waals surface area contributed by atoms with Gasteiger partial charge in [0, 0.05) is 5.56 Å². The fraction of sp³-hybridized carbons (Fsp3) is 0.429. The Labute approximate surface area is 116 Å². The van der Waals surface area contributed by atoms with Crippen LogP contribution in [0.2, 0.25) is 0 Å². The Kier molecular flexibility index (Phi) is 3.52. The molecule has 1 saturated heterocycles. The van der Waals surface area contributed by atoms with Crippen LogP contribution < -0.4 is 0 Å². The summed E-state index contributed by atoms with van der Waals surface area (Å²) in [7, 11) is 1.36. The summed E-state index contributed by atoms with van der Waals surface area (Å²) < 4.78 is 21.6. The first kappa shape index (κ1) is 13.2. The van der Waals surface area contributed by atoms with E-state index in [2.05, 4.69) is 0 Å². The van der Waals surface area contributed by atoms with E-state index in [0.717, 1.165) is 5.56 Å². The largest absolute Gasteiger partial charge is 0.504 e. The zero-order valence-electron chi connectivity index (χ0n) is 10.9. The molecule has 0 aromatic heterocycles. The Balaban J connectivity index is 1.80. The first-order valence-electron chi connectivity index (χ1n) is 6.34. The summed E-state index contributed by atoms with van der Waals surface area (Å²) in [6.07, 6.45) is -3.00. The molecule has 1 aromatic carbocycles. The highest BCUT2D eigenvalue weighted by molar-refractivity contribution is 5.17. The molecule has 20 heavy (non-hydrogen) atoms. The number of hydrogen-bond donors (Lipinski definition) is 2. The third-order valence-electron chi connectivity index (χ3n) is 3.38. The van der Waals surface area contributed by atoms with Crippen LogP contribution in [-0.2, 0) is 18.9 Å². The molecule has 3 rings (SSSR count). The number of ether oxygens (including phenoxy) is 4. The Morgan fingerprint density at radius 3 is 2.70 bits per heavy atom. The molecule has 0 bridgehead atoms. The first-order valence-corrected chi connectivity index (χ1v) is 6.34. The summed E-state index contributed by atoms with van der Waals surface area (Å²) in [5.74, 6) is -0.452. The maximum absolute atomic E-state index is 10.1. The van der Waals surface area contributed by atoms with Crippen molar-refractivity contribution in [1.82, 2.24) is 0 Å². The molecule has 1 aromatic rings. The van der Waals surface area contributed by atoms with Crippen LogP contribution >= 0.6 is 0 Å². The highest BCUT2D eigenvalue weighted by atomic mass is 16.7. The lowest BCUT2D eigenvalue weighted by atomic mass is 10.0. The normalized spacial score (nSPS) is 33.3. The van der Waals surface area contributed by atoms with Crippen molar-refractivity contribution < 1.29 is 29.2 Å². The van der Waals surface area contributed by atoms with E-state index in [1.54, 1.807) is 0 Å². The van der Waals surface area contributed by atoms with Crippen molar-refractivity contribution >= 4 is 0 Å². The summed E-state index contributed by atoms with van der Waals surface area (Å²) in [5.41, 5.74) is 0.846. The lowest BCUT2D eigenvalue weighted by molar-refractivity contribution is -0.292. The molecule has 6 heteroatoms. The van der Waals surface area contributed by atoms with E-state index in [1.807, 2.05) is 30.3 Å². The highest BCUT2D eigenvalue weighted by Crippen LogP contribution is 2.34. The van der Waals surface area contributed by atoms with Crippen LogP contribution in [0.25, 0.3) is 0 Å². The van der Waals surface area contributed by atoms with Gasteiger partial charge in [-0.2, -0.15) is 0 Å². The molecule has 108 valence electrons. The molecule has 0 saturated carbocycles. The third-order valence-corrected chi connectivity index (χ3v) is 3.38. The molecule has 0 spiro atoms. The fourth-order valence-corrected chi connectivity index (χ4v) is 2.34. The van der Waals surface area contributed by atoms with Gasteiger partial charge in [-0.1, -0.05) is 30.3 Å². The number of fused-ring (bicyclic) bond motifs is 1. The van der Waals surface area contributed by atoms with E-state index in [-0.39, 0.29) is 18.3 Å². The molecule has 2 aliphatic rings. The van der Waals surface area contributed by atoms with Crippen LogP contribution in [0.1, 0.15) is 11.9 Å². The Morgan fingerprint density at radius 1 is 1.25 bits per heavy atom. The molecule has 4 atom stereocenters. The van der Waals surface area contributed by atoms with Gasteiger partial charge in [0.15, 0.2) is 12.4 Å². The van der Waals surface area contributed by atoms with Crippen LogP contribution in [-0.4, -0.2) is 42.2 Å². The Morgan fingerprint density at radius 2 is 2.00 bits per heavy atom. The summed E-state index contributed by atoms with van der Waals surface area (Å²) in [6.45, 7) is 0.238. The molecule has 0 radical (unpaired) electrons. The van der Waals surface area contributed by atoms with Crippen molar-refractivity contribution in [3.63, 3.8) is 0 Å². The van der Waals surface area contributed by atoms with E-state index < -0.39 is 24.6 Å². The van der Waals surface area contributed by atoms with Gasteiger partial charge in [0.2, 0.25) is 5.76 Å². The van der Waals surface area contributed by atoms with Gasteiger partial charge in [-0.15, -0.1) is 0 Å². The van der Waals surface area contributed by atoms with Gasteiger partial charge in [0.25, 0.3) is 0 Å². The monoisotopic (exact) mass is 280 g/mol. The van der Waals surface area contributed by atoms with Crippen molar-refractivity contribution in [2.45, 2.75) is 24.6 Å². The van der Waals surface area contributed by atoms with E-state index in [4.69, 9.17) is 18.9 Å². The number of rotatable bonds is 2. The zero-order chi connectivity index (χ0) is 14.1. The molecule has 0 amide bonds. The molecular formula is C14H16O6.